The van der Waals surface area contributed by atoms with E-state index in [1.807, 2.05) is 31.2 Å². The van der Waals surface area contributed by atoms with Crippen LogP contribution in [0.2, 0.25) is 0 Å². The van der Waals surface area contributed by atoms with Crippen molar-refractivity contribution in [2.45, 2.75) is 39.3 Å². The first-order chi connectivity index (χ1) is 11.9. The monoisotopic (exact) mass is 339 g/mol. The van der Waals surface area contributed by atoms with Crippen LogP contribution in [0.4, 0.5) is 5.69 Å². The van der Waals surface area contributed by atoms with Crippen LogP contribution in [0.25, 0.3) is 0 Å². The van der Waals surface area contributed by atoms with Gasteiger partial charge in [-0.25, -0.2) is 4.79 Å². The Balaban J connectivity index is 1.77. The van der Waals surface area contributed by atoms with Gasteiger partial charge >= 0.3 is 5.97 Å². The summed E-state index contributed by atoms with van der Waals surface area (Å²) in [6, 6.07) is 12.6. The van der Waals surface area contributed by atoms with E-state index in [-0.39, 0.29) is 23.3 Å². The first-order valence-electron chi connectivity index (χ1n) is 8.30. The number of phenols is 1. The van der Waals surface area contributed by atoms with Crippen molar-refractivity contribution in [1.29, 1.82) is 0 Å². The lowest BCUT2D eigenvalue weighted by Crippen LogP contribution is -2.43. The zero-order valence-electron chi connectivity index (χ0n) is 14.5. The predicted octanol–water partition coefficient (Wildman–Crippen LogP) is 3.22. The molecule has 2 aromatic carbocycles. The van der Waals surface area contributed by atoms with Crippen molar-refractivity contribution in [2.24, 2.45) is 0 Å². The maximum atomic E-state index is 12.8. The molecule has 0 fully saturated rings. The summed E-state index contributed by atoms with van der Waals surface area (Å²) in [6.07, 6.45) is -0.164. The first-order valence-corrected chi connectivity index (χ1v) is 8.30. The molecule has 3 rings (SSSR count). The Labute approximate surface area is 146 Å². The van der Waals surface area contributed by atoms with E-state index in [9.17, 15) is 14.7 Å². The summed E-state index contributed by atoms with van der Waals surface area (Å²) in [6.45, 7) is 5.23. The number of fused-ring (bicyclic) bond motifs is 1. The molecule has 0 saturated heterocycles. The van der Waals surface area contributed by atoms with Crippen molar-refractivity contribution in [1.82, 2.24) is 0 Å². The van der Waals surface area contributed by atoms with Crippen molar-refractivity contribution in [3.8, 4) is 5.75 Å². The van der Waals surface area contributed by atoms with Gasteiger partial charge in [0.25, 0.3) is 5.91 Å². The molecule has 0 radical (unpaired) electrons. The van der Waals surface area contributed by atoms with Gasteiger partial charge in [0.05, 0.1) is 0 Å². The molecule has 2 atom stereocenters. The third-order valence-electron chi connectivity index (χ3n) is 4.53. The molecule has 130 valence electrons. The molecule has 1 aliphatic rings. The third kappa shape index (κ3) is 3.09. The number of ether oxygens (including phenoxy) is 1. The van der Waals surface area contributed by atoms with Crippen molar-refractivity contribution < 1.29 is 19.4 Å². The Hall–Kier alpha value is -2.82. The number of rotatable bonds is 3. The number of anilines is 1. The van der Waals surface area contributed by atoms with Crippen LogP contribution in [0, 0.1) is 6.92 Å². The molecule has 1 amide bonds. The fraction of sp³-hybridized carbons (Fsp3) is 0.300. The van der Waals surface area contributed by atoms with Gasteiger partial charge in [0.2, 0.25) is 0 Å². The quantitative estimate of drug-likeness (QED) is 0.872. The van der Waals surface area contributed by atoms with Crippen molar-refractivity contribution >= 4 is 17.6 Å². The third-order valence-corrected chi connectivity index (χ3v) is 4.53. The molecular weight excluding hydrogens is 318 g/mol. The highest BCUT2D eigenvalue weighted by Gasteiger charge is 2.34. The lowest BCUT2D eigenvalue weighted by molar-refractivity contribution is -0.126. The largest absolute Gasteiger partial charge is 0.507 e. The molecule has 5 heteroatoms. The molecule has 1 N–H and O–H groups in total. The van der Waals surface area contributed by atoms with Gasteiger partial charge in [0.15, 0.2) is 6.10 Å². The highest BCUT2D eigenvalue weighted by atomic mass is 16.5. The van der Waals surface area contributed by atoms with Gasteiger partial charge in [-0.3, -0.25) is 4.79 Å². The van der Waals surface area contributed by atoms with Gasteiger partial charge < -0.3 is 14.7 Å². The van der Waals surface area contributed by atoms with Crippen LogP contribution in [-0.4, -0.2) is 29.1 Å². The summed E-state index contributed by atoms with van der Waals surface area (Å²) >= 11 is 0. The Morgan fingerprint density at radius 1 is 1.20 bits per heavy atom. The zero-order valence-corrected chi connectivity index (χ0v) is 14.5. The maximum absolute atomic E-state index is 12.8. The number of esters is 1. The minimum atomic E-state index is -0.944. The second kappa shape index (κ2) is 6.59. The van der Waals surface area contributed by atoms with E-state index in [0.29, 0.717) is 5.56 Å². The number of hydrogen-bond acceptors (Lipinski definition) is 4. The van der Waals surface area contributed by atoms with E-state index in [1.165, 1.54) is 6.07 Å². The van der Waals surface area contributed by atoms with Crippen LogP contribution in [0.15, 0.2) is 42.5 Å². The molecule has 0 bridgehead atoms. The predicted molar refractivity (Wildman–Crippen MR) is 94.8 cm³/mol. The van der Waals surface area contributed by atoms with Gasteiger partial charge in [-0.05, 0) is 50.5 Å². The Bertz CT molecular complexity index is 830. The van der Waals surface area contributed by atoms with Crippen LogP contribution in [0.3, 0.4) is 0 Å². The molecule has 25 heavy (non-hydrogen) atoms. The van der Waals surface area contributed by atoms with Gasteiger partial charge in [-0.1, -0.05) is 30.3 Å². The standard InChI is InChI=1S/C20H21NO4/c1-12-7-6-9-16(18(12)22)20(24)25-14(3)19(23)21-13(2)11-15-8-4-5-10-17(15)21/h4-10,13-14,22H,11H2,1-3H3/t13-,14+/m0/s1. The molecule has 0 spiro atoms. The number of aryl methyl sites for hydroxylation is 1. The van der Waals surface area contributed by atoms with Gasteiger partial charge in [-0.2, -0.15) is 0 Å². The fourth-order valence-electron chi connectivity index (χ4n) is 3.20. The van der Waals surface area contributed by atoms with E-state index in [1.54, 1.807) is 30.9 Å². The SMILES string of the molecule is Cc1cccc(C(=O)O[C@H](C)C(=O)N2c3ccccc3C[C@@H]2C)c1O. The van der Waals surface area contributed by atoms with E-state index in [0.717, 1.165) is 17.7 Å². The molecule has 1 heterocycles. The Kier molecular flexibility index (Phi) is 4.49. The number of carbonyl (C=O) groups is 2. The second-order valence-corrected chi connectivity index (χ2v) is 6.41. The smallest absolute Gasteiger partial charge is 0.342 e. The Morgan fingerprint density at radius 2 is 1.92 bits per heavy atom. The topological polar surface area (TPSA) is 66.8 Å². The number of carbonyl (C=O) groups excluding carboxylic acids is 2. The Morgan fingerprint density at radius 3 is 2.68 bits per heavy atom. The molecule has 0 unspecified atom stereocenters. The molecule has 5 nitrogen and oxygen atoms in total. The lowest BCUT2D eigenvalue weighted by Gasteiger charge is -2.26. The molecule has 2 aromatic rings. The van der Waals surface area contributed by atoms with Gasteiger partial charge in [-0.15, -0.1) is 0 Å². The fourth-order valence-corrected chi connectivity index (χ4v) is 3.20. The lowest BCUT2D eigenvalue weighted by atomic mass is 10.1. The number of hydrogen-bond donors (Lipinski definition) is 1. The van der Waals surface area contributed by atoms with Crippen molar-refractivity contribution in [2.75, 3.05) is 4.90 Å². The van der Waals surface area contributed by atoms with Crippen LogP contribution in [0.1, 0.15) is 35.3 Å². The van der Waals surface area contributed by atoms with Crippen LogP contribution in [0.5, 0.6) is 5.75 Å². The van der Waals surface area contributed by atoms with Gasteiger partial charge in [0, 0.05) is 11.7 Å². The normalized spacial score (nSPS) is 17.1. The average molecular weight is 339 g/mol. The summed E-state index contributed by atoms with van der Waals surface area (Å²) in [4.78, 5) is 26.8. The van der Waals surface area contributed by atoms with E-state index < -0.39 is 12.1 Å². The highest BCUT2D eigenvalue weighted by molar-refractivity contribution is 6.01. The number of nitrogens with zero attached hydrogens (tertiary/aromatic N) is 1. The summed E-state index contributed by atoms with van der Waals surface area (Å²) in [5, 5.41) is 10.0. The number of benzene rings is 2. The number of phenolic OH excluding ortho intramolecular Hbond substituents is 1. The van der Waals surface area contributed by atoms with Crippen molar-refractivity contribution in [3.63, 3.8) is 0 Å². The van der Waals surface area contributed by atoms with E-state index in [4.69, 9.17) is 4.74 Å². The maximum Gasteiger partial charge on any atom is 0.342 e. The van der Waals surface area contributed by atoms with Crippen LogP contribution in [-0.2, 0) is 16.0 Å². The second-order valence-electron chi connectivity index (χ2n) is 6.41. The summed E-state index contributed by atoms with van der Waals surface area (Å²) < 4.78 is 5.32. The molecular formula is C20H21NO4. The number of amides is 1. The molecule has 0 aromatic heterocycles. The van der Waals surface area contributed by atoms with Crippen LogP contribution < -0.4 is 4.90 Å². The van der Waals surface area contributed by atoms with Crippen LogP contribution >= 0.6 is 0 Å². The summed E-state index contributed by atoms with van der Waals surface area (Å²) in [5.41, 5.74) is 2.62. The molecule has 1 aliphatic heterocycles. The van der Waals surface area contributed by atoms with E-state index in [2.05, 4.69) is 0 Å². The van der Waals surface area contributed by atoms with E-state index >= 15 is 0 Å². The number of aromatic hydroxyl groups is 1. The zero-order chi connectivity index (χ0) is 18.1. The summed E-state index contributed by atoms with van der Waals surface area (Å²) in [5.74, 6) is -1.09. The van der Waals surface area contributed by atoms with Gasteiger partial charge in [0.1, 0.15) is 11.3 Å². The average Bonchev–Trinajstić information content (AvgIpc) is 2.92. The minimum Gasteiger partial charge on any atom is -0.507 e. The molecule has 0 saturated carbocycles. The van der Waals surface area contributed by atoms with Crippen molar-refractivity contribution in [3.05, 3.63) is 59.2 Å². The highest BCUT2D eigenvalue weighted by Crippen LogP contribution is 2.32. The number of para-hydroxylation sites is 2. The summed E-state index contributed by atoms with van der Waals surface area (Å²) in [7, 11) is 0. The minimum absolute atomic E-state index is 0.0124. The first kappa shape index (κ1) is 17.0. The molecule has 0 aliphatic carbocycles.